The molecule has 0 saturated heterocycles. The van der Waals surface area contributed by atoms with Gasteiger partial charge in [0, 0.05) is 20.6 Å². The third-order valence-electron chi connectivity index (χ3n) is 1.65. The van der Waals surface area contributed by atoms with Crippen molar-refractivity contribution in [3.63, 3.8) is 0 Å². The molecule has 0 spiro atoms. The van der Waals surface area contributed by atoms with E-state index >= 15 is 0 Å². The first-order chi connectivity index (χ1) is 5.65. The maximum Gasteiger partial charge on any atom is 0.234 e. The molecule has 0 aromatic rings. The Kier molecular flexibility index (Phi) is 5.61. The summed E-state index contributed by atoms with van der Waals surface area (Å²) >= 11 is 0. The number of hydrogen-bond acceptors (Lipinski definition) is 4. The molecule has 1 amide bonds. The van der Waals surface area contributed by atoms with Gasteiger partial charge in [0.25, 0.3) is 0 Å². The van der Waals surface area contributed by atoms with Gasteiger partial charge < -0.3 is 20.5 Å². The van der Waals surface area contributed by atoms with Gasteiger partial charge in [-0.2, -0.15) is 0 Å². The highest BCUT2D eigenvalue weighted by atomic mass is 16.7. The Morgan fingerprint density at radius 3 is 2.25 bits per heavy atom. The Morgan fingerprint density at radius 1 is 1.50 bits per heavy atom. The lowest BCUT2D eigenvalue weighted by atomic mass is 10.2. The Labute approximate surface area is 72.2 Å². The molecule has 0 aliphatic rings. The first kappa shape index (κ1) is 11.4. The number of likely N-dealkylation sites (N-methyl/N-ethyl adjacent to an activating group) is 1. The molecule has 0 aliphatic heterocycles. The van der Waals surface area contributed by atoms with Crippen molar-refractivity contribution < 1.29 is 14.3 Å². The average Bonchev–Trinajstić information content (AvgIpc) is 2.06. The minimum absolute atomic E-state index is 0.394. The van der Waals surface area contributed by atoms with Crippen LogP contribution in [0.2, 0.25) is 0 Å². The number of primary amides is 1. The van der Waals surface area contributed by atoms with Gasteiger partial charge in [-0.05, 0) is 7.05 Å². The second-order valence-electron chi connectivity index (χ2n) is 2.38. The van der Waals surface area contributed by atoms with E-state index in [9.17, 15) is 4.79 Å². The Morgan fingerprint density at radius 2 is 2.00 bits per heavy atom. The molecule has 0 aromatic carbocycles. The van der Waals surface area contributed by atoms with Crippen LogP contribution in [0.1, 0.15) is 6.42 Å². The zero-order valence-electron chi connectivity index (χ0n) is 7.66. The number of nitrogens with two attached hydrogens (primary N) is 1. The number of hydrogen-bond donors (Lipinski definition) is 2. The third kappa shape index (κ3) is 3.66. The molecule has 0 aromatic heterocycles. The summed E-state index contributed by atoms with van der Waals surface area (Å²) in [6, 6.07) is -0.408. The molecular formula is C7H16N2O3. The van der Waals surface area contributed by atoms with Gasteiger partial charge in [-0.3, -0.25) is 4.79 Å². The monoisotopic (exact) mass is 176 g/mol. The fraction of sp³-hybridized carbons (Fsp3) is 0.857. The fourth-order valence-electron chi connectivity index (χ4n) is 0.857. The topological polar surface area (TPSA) is 73.6 Å². The molecule has 0 fully saturated rings. The standard InChI is InChI=1S/C7H16N2O3/c1-9-5(7(8)10)4-6(11-2)12-3/h5-6,9H,4H2,1-3H3,(H2,8,10). The number of amides is 1. The predicted molar refractivity (Wildman–Crippen MR) is 44.5 cm³/mol. The molecule has 5 heteroatoms. The Balaban J connectivity index is 3.91. The van der Waals surface area contributed by atoms with Gasteiger partial charge in [-0.1, -0.05) is 0 Å². The smallest absolute Gasteiger partial charge is 0.234 e. The predicted octanol–water partition coefficient (Wildman–Crippen LogP) is -0.931. The van der Waals surface area contributed by atoms with E-state index in [0.29, 0.717) is 6.42 Å². The van der Waals surface area contributed by atoms with Crippen molar-refractivity contribution in [3.05, 3.63) is 0 Å². The first-order valence-electron chi connectivity index (χ1n) is 3.67. The second-order valence-corrected chi connectivity index (χ2v) is 2.38. The molecule has 0 radical (unpaired) electrons. The van der Waals surface area contributed by atoms with Crippen molar-refractivity contribution in [3.8, 4) is 0 Å². The van der Waals surface area contributed by atoms with Crippen LogP contribution < -0.4 is 11.1 Å². The van der Waals surface area contributed by atoms with E-state index in [-0.39, 0.29) is 0 Å². The SMILES string of the molecule is CNC(CC(OC)OC)C(N)=O. The van der Waals surface area contributed by atoms with Gasteiger partial charge in [-0.25, -0.2) is 0 Å². The summed E-state index contributed by atoms with van der Waals surface area (Å²) in [5.41, 5.74) is 5.09. The Bertz CT molecular complexity index is 137. The second kappa shape index (κ2) is 5.93. The van der Waals surface area contributed by atoms with Crippen LogP contribution in [-0.2, 0) is 14.3 Å². The number of ether oxygens (including phenoxy) is 2. The molecule has 3 N–H and O–H groups in total. The molecule has 5 nitrogen and oxygen atoms in total. The number of nitrogens with one attached hydrogen (secondary N) is 1. The van der Waals surface area contributed by atoms with Crippen molar-refractivity contribution in [2.75, 3.05) is 21.3 Å². The lowest BCUT2D eigenvalue weighted by molar-refractivity contribution is -0.130. The van der Waals surface area contributed by atoms with E-state index in [4.69, 9.17) is 15.2 Å². The van der Waals surface area contributed by atoms with Gasteiger partial charge in [0.1, 0.15) is 0 Å². The molecule has 72 valence electrons. The van der Waals surface area contributed by atoms with Crippen molar-refractivity contribution in [1.82, 2.24) is 5.32 Å². The van der Waals surface area contributed by atoms with Crippen LogP contribution in [0.5, 0.6) is 0 Å². The quantitative estimate of drug-likeness (QED) is 0.513. The largest absolute Gasteiger partial charge is 0.368 e. The van der Waals surface area contributed by atoms with Crippen molar-refractivity contribution >= 4 is 5.91 Å². The normalized spacial score (nSPS) is 13.3. The van der Waals surface area contributed by atoms with Gasteiger partial charge in [0.2, 0.25) is 5.91 Å². The number of carbonyl (C=O) groups is 1. The maximum atomic E-state index is 10.7. The fourth-order valence-corrected chi connectivity index (χ4v) is 0.857. The molecule has 1 atom stereocenters. The lowest BCUT2D eigenvalue weighted by Gasteiger charge is -2.18. The highest BCUT2D eigenvalue weighted by Gasteiger charge is 2.18. The molecule has 1 unspecified atom stereocenters. The van der Waals surface area contributed by atoms with Gasteiger partial charge in [0.05, 0.1) is 6.04 Å². The van der Waals surface area contributed by atoms with Gasteiger partial charge in [0.15, 0.2) is 6.29 Å². The summed E-state index contributed by atoms with van der Waals surface area (Å²) in [7, 11) is 4.70. The summed E-state index contributed by atoms with van der Waals surface area (Å²) in [5.74, 6) is -0.406. The van der Waals surface area contributed by atoms with Gasteiger partial charge in [-0.15, -0.1) is 0 Å². The maximum absolute atomic E-state index is 10.7. The molecular weight excluding hydrogens is 160 g/mol. The Hall–Kier alpha value is -0.650. The molecule has 0 aliphatic carbocycles. The van der Waals surface area contributed by atoms with Crippen LogP contribution in [0.4, 0.5) is 0 Å². The lowest BCUT2D eigenvalue weighted by Crippen LogP contribution is -2.42. The van der Waals surface area contributed by atoms with Crippen molar-refractivity contribution in [2.45, 2.75) is 18.8 Å². The highest BCUT2D eigenvalue weighted by molar-refractivity contribution is 5.79. The highest BCUT2D eigenvalue weighted by Crippen LogP contribution is 2.01. The van der Waals surface area contributed by atoms with E-state index < -0.39 is 18.2 Å². The van der Waals surface area contributed by atoms with Crippen LogP contribution in [0, 0.1) is 0 Å². The third-order valence-corrected chi connectivity index (χ3v) is 1.65. The first-order valence-corrected chi connectivity index (χ1v) is 3.67. The summed E-state index contributed by atoms with van der Waals surface area (Å²) in [6.07, 6.45) is 0.0219. The van der Waals surface area contributed by atoms with Crippen LogP contribution in [0.25, 0.3) is 0 Å². The minimum atomic E-state index is -0.408. The summed E-state index contributed by atoms with van der Waals surface area (Å²) < 4.78 is 9.82. The molecule has 0 saturated carbocycles. The number of methoxy groups -OCH3 is 2. The number of carbonyl (C=O) groups excluding carboxylic acids is 1. The molecule has 0 rings (SSSR count). The van der Waals surface area contributed by atoms with Crippen LogP contribution in [-0.4, -0.2) is 39.5 Å². The van der Waals surface area contributed by atoms with Crippen molar-refractivity contribution in [1.29, 1.82) is 0 Å². The zero-order chi connectivity index (χ0) is 9.56. The summed E-state index contributed by atoms with van der Waals surface area (Å²) in [6.45, 7) is 0. The number of rotatable bonds is 6. The van der Waals surface area contributed by atoms with E-state index in [1.54, 1.807) is 7.05 Å². The summed E-state index contributed by atoms with van der Waals surface area (Å²) in [4.78, 5) is 10.7. The van der Waals surface area contributed by atoms with Crippen LogP contribution in [0.15, 0.2) is 0 Å². The van der Waals surface area contributed by atoms with E-state index in [0.717, 1.165) is 0 Å². The van der Waals surface area contributed by atoms with Crippen LogP contribution >= 0.6 is 0 Å². The van der Waals surface area contributed by atoms with Gasteiger partial charge >= 0.3 is 0 Å². The van der Waals surface area contributed by atoms with E-state index in [1.165, 1.54) is 14.2 Å². The van der Waals surface area contributed by atoms with E-state index in [2.05, 4.69) is 5.32 Å². The molecule has 12 heavy (non-hydrogen) atoms. The molecule has 0 heterocycles. The minimum Gasteiger partial charge on any atom is -0.368 e. The zero-order valence-corrected chi connectivity index (χ0v) is 7.66. The van der Waals surface area contributed by atoms with Crippen LogP contribution in [0.3, 0.4) is 0 Å². The summed E-state index contributed by atoms with van der Waals surface area (Å²) in [5, 5.41) is 2.77. The molecule has 0 bridgehead atoms. The van der Waals surface area contributed by atoms with E-state index in [1.807, 2.05) is 0 Å². The average molecular weight is 176 g/mol. The van der Waals surface area contributed by atoms with Crippen molar-refractivity contribution in [2.24, 2.45) is 5.73 Å².